The van der Waals surface area contributed by atoms with Crippen molar-refractivity contribution in [2.45, 2.75) is 13.1 Å². The molecule has 8 nitrogen and oxygen atoms in total. The van der Waals surface area contributed by atoms with Gasteiger partial charge in [0.2, 0.25) is 0 Å². The maximum atomic E-state index is 11.4. The first-order chi connectivity index (χ1) is 12.6. The van der Waals surface area contributed by atoms with Crippen LogP contribution in [0, 0.1) is 10.1 Å². The average Bonchev–Trinajstić information content (AvgIpc) is 3.15. The van der Waals surface area contributed by atoms with Crippen LogP contribution < -0.4 is 9.47 Å². The van der Waals surface area contributed by atoms with E-state index in [-0.39, 0.29) is 10.6 Å². The summed E-state index contributed by atoms with van der Waals surface area (Å²) in [7, 11) is 3.00. The largest absolute Gasteiger partial charge is 0.493 e. The van der Waals surface area contributed by atoms with E-state index in [0.29, 0.717) is 23.6 Å². The Morgan fingerprint density at radius 2 is 1.69 bits per heavy atom. The minimum atomic E-state index is -0.371. The number of hydrogen-bond acceptors (Lipinski definition) is 7. The van der Waals surface area contributed by atoms with Gasteiger partial charge in [-0.25, -0.2) is 0 Å². The fourth-order valence-electron chi connectivity index (χ4n) is 3.18. The number of methoxy groups -OCH3 is 2. The average molecular weight is 361 g/mol. The lowest BCUT2D eigenvalue weighted by Gasteiger charge is -2.34. The van der Waals surface area contributed by atoms with Crippen molar-refractivity contribution >= 4 is 5.69 Å². The number of nitro groups is 1. The van der Waals surface area contributed by atoms with Gasteiger partial charge in [-0.3, -0.25) is 19.9 Å². The monoisotopic (exact) mass is 361 g/mol. The van der Waals surface area contributed by atoms with Gasteiger partial charge in [0.25, 0.3) is 5.69 Å². The molecule has 3 rings (SSSR count). The molecule has 2 aromatic rings. The molecule has 0 atom stereocenters. The Kier molecular flexibility index (Phi) is 5.75. The van der Waals surface area contributed by atoms with Crippen LogP contribution in [0.5, 0.6) is 11.5 Å². The third kappa shape index (κ3) is 4.14. The van der Waals surface area contributed by atoms with E-state index >= 15 is 0 Å². The summed E-state index contributed by atoms with van der Waals surface area (Å²) in [6.45, 7) is 4.75. The Bertz CT molecular complexity index is 740. The second-order valence-corrected chi connectivity index (χ2v) is 6.22. The molecule has 0 spiro atoms. The Morgan fingerprint density at radius 3 is 2.23 bits per heavy atom. The highest BCUT2D eigenvalue weighted by Gasteiger charge is 2.24. The number of hydrogen-bond donors (Lipinski definition) is 0. The number of benzene rings is 1. The molecule has 1 fully saturated rings. The number of nitrogens with zero attached hydrogens (tertiary/aromatic N) is 3. The molecule has 0 aliphatic carbocycles. The number of nitro benzene ring substituents is 1. The second-order valence-electron chi connectivity index (χ2n) is 6.22. The fraction of sp³-hybridized carbons (Fsp3) is 0.444. The lowest BCUT2D eigenvalue weighted by Crippen LogP contribution is -2.45. The first-order valence-corrected chi connectivity index (χ1v) is 8.47. The van der Waals surface area contributed by atoms with Crippen molar-refractivity contribution in [1.29, 1.82) is 0 Å². The molecule has 0 bridgehead atoms. The molecule has 140 valence electrons. The van der Waals surface area contributed by atoms with Gasteiger partial charge in [0.1, 0.15) is 5.76 Å². The number of furan rings is 1. The maximum Gasteiger partial charge on any atom is 0.277 e. The normalized spacial score (nSPS) is 15.8. The molecular formula is C18H23N3O5. The number of rotatable bonds is 7. The zero-order valence-electron chi connectivity index (χ0n) is 15.0. The minimum absolute atomic E-state index is 0.0562. The van der Waals surface area contributed by atoms with Crippen molar-refractivity contribution in [2.24, 2.45) is 0 Å². The summed E-state index contributed by atoms with van der Waals surface area (Å²) in [5, 5.41) is 11.4. The van der Waals surface area contributed by atoms with E-state index < -0.39 is 0 Å². The van der Waals surface area contributed by atoms with Crippen LogP contribution >= 0.6 is 0 Å². The SMILES string of the molecule is COc1cc(CN2CCN(Cc3ccco3)CC2)c([N+](=O)[O-])cc1OC. The Hall–Kier alpha value is -2.58. The maximum absolute atomic E-state index is 11.4. The summed E-state index contributed by atoms with van der Waals surface area (Å²) in [4.78, 5) is 15.6. The van der Waals surface area contributed by atoms with E-state index in [2.05, 4.69) is 9.80 Å². The topological polar surface area (TPSA) is 81.2 Å². The fourth-order valence-corrected chi connectivity index (χ4v) is 3.18. The lowest BCUT2D eigenvalue weighted by molar-refractivity contribution is -0.385. The Morgan fingerprint density at radius 1 is 1.08 bits per heavy atom. The van der Waals surface area contributed by atoms with Crippen molar-refractivity contribution in [2.75, 3.05) is 40.4 Å². The van der Waals surface area contributed by atoms with Crippen LogP contribution in [0.15, 0.2) is 34.9 Å². The van der Waals surface area contributed by atoms with Crippen LogP contribution in [0.3, 0.4) is 0 Å². The summed E-state index contributed by atoms with van der Waals surface area (Å²) in [6, 6.07) is 6.99. The highest BCUT2D eigenvalue weighted by Crippen LogP contribution is 2.35. The molecule has 26 heavy (non-hydrogen) atoms. The van der Waals surface area contributed by atoms with E-state index in [1.165, 1.54) is 20.3 Å². The first kappa shape index (κ1) is 18.2. The van der Waals surface area contributed by atoms with Crippen LogP contribution in [0.1, 0.15) is 11.3 Å². The van der Waals surface area contributed by atoms with Gasteiger partial charge in [0.05, 0.1) is 38.0 Å². The van der Waals surface area contributed by atoms with Crippen LogP contribution in [0.2, 0.25) is 0 Å². The van der Waals surface area contributed by atoms with Crippen LogP contribution in [0.4, 0.5) is 5.69 Å². The van der Waals surface area contributed by atoms with Crippen molar-refractivity contribution in [1.82, 2.24) is 9.80 Å². The van der Waals surface area contributed by atoms with Gasteiger partial charge >= 0.3 is 0 Å². The van der Waals surface area contributed by atoms with Gasteiger partial charge in [-0.05, 0) is 18.2 Å². The standard InChI is InChI=1S/C18H23N3O5/c1-24-17-10-14(16(21(22)23)11-18(17)25-2)12-19-5-7-20(8-6-19)13-15-4-3-9-26-15/h3-4,9-11H,5-8,12-13H2,1-2H3. The molecule has 1 saturated heterocycles. The lowest BCUT2D eigenvalue weighted by atomic mass is 10.1. The van der Waals surface area contributed by atoms with E-state index in [9.17, 15) is 10.1 Å². The quantitative estimate of drug-likeness (QED) is 0.554. The molecule has 1 aromatic heterocycles. The van der Waals surface area contributed by atoms with Crippen LogP contribution in [-0.2, 0) is 13.1 Å². The zero-order valence-corrected chi connectivity index (χ0v) is 15.0. The summed E-state index contributed by atoms with van der Waals surface area (Å²) < 4.78 is 15.9. The van der Waals surface area contributed by atoms with Gasteiger partial charge in [0, 0.05) is 38.3 Å². The second kappa shape index (κ2) is 8.20. The smallest absolute Gasteiger partial charge is 0.277 e. The van der Waals surface area contributed by atoms with E-state index in [0.717, 1.165) is 38.5 Å². The van der Waals surface area contributed by atoms with E-state index in [1.54, 1.807) is 12.3 Å². The summed E-state index contributed by atoms with van der Waals surface area (Å²) in [6.07, 6.45) is 1.68. The molecule has 1 aliphatic rings. The van der Waals surface area contributed by atoms with Gasteiger partial charge in [0.15, 0.2) is 11.5 Å². The predicted octanol–water partition coefficient (Wildman–Crippen LogP) is 2.52. The molecule has 2 heterocycles. The minimum Gasteiger partial charge on any atom is -0.493 e. The van der Waals surface area contributed by atoms with Crippen LogP contribution in [-0.4, -0.2) is 55.1 Å². The zero-order chi connectivity index (χ0) is 18.5. The van der Waals surface area contributed by atoms with E-state index in [1.807, 2.05) is 12.1 Å². The highest BCUT2D eigenvalue weighted by atomic mass is 16.6. The molecule has 1 aliphatic heterocycles. The molecular weight excluding hydrogens is 338 g/mol. The molecule has 0 unspecified atom stereocenters. The summed E-state index contributed by atoms with van der Waals surface area (Å²) in [5.41, 5.74) is 0.688. The van der Waals surface area contributed by atoms with E-state index in [4.69, 9.17) is 13.9 Å². The molecule has 0 amide bonds. The van der Waals surface area contributed by atoms with Crippen molar-refractivity contribution in [3.05, 3.63) is 52.0 Å². The number of piperazine rings is 1. The van der Waals surface area contributed by atoms with Crippen molar-refractivity contribution in [3.63, 3.8) is 0 Å². The molecule has 1 aromatic carbocycles. The predicted molar refractivity (Wildman–Crippen MR) is 95.5 cm³/mol. The van der Waals surface area contributed by atoms with Crippen molar-refractivity contribution < 1.29 is 18.8 Å². The van der Waals surface area contributed by atoms with Crippen molar-refractivity contribution in [3.8, 4) is 11.5 Å². The first-order valence-electron chi connectivity index (χ1n) is 8.47. The van der Waals surface area contributed by atoms with Gasteiger partial charge in [-0.1, -0.05) is 0 Å². The summed E-state index contributed by atoms with van der Waals surface area (Å²) >= 11 is 0. The third-order valence-corrected chi connectivity index (χ3v) is 4.60. The molecule has 0 N–H and O–H groups in total. The molecule has 8 heteroatoms. The molecule has 0 radical (unpaired) electrons. The Balaban J connectivity index is 1.66. The van der Waals surface area contributed by atoms with Gasteiger partial charge in [-0.15, -0.1) is 0 Å². The third-order valence-electron chi connectivity index (χ3n) is 4.60. The van der Waals surface area contributed by atoms with Gasteiger partial charge < -0.3 is 13.9 Å². The van der Waals surface area contributed by atoms with Gasteiger partial charge in [-0.2, -0.15) is 0 Å². The number of ether oxygens (including phenoxy) is 2. The molecule has 0 saturated carbocycles. The summed E-state index contributed by atoms with van der Waals surface area (Å²) in [5.74, 6) is 1.82. The Labute approximate surface area is 152 Å². The van der Waals surface area contributed by atoms with Crippen LogP contribution in [0.25, 0.3) is 0 Å². The highest BCUT2D eigenvalue weighted by molar-refractivity contribution is 5.54.